The minimum atomic E-state index is -3.63. The molecule has 2 aromatic carbocycles. The quantitative estimate of drug-likeness (QED) is 0.641. The van der Waals surface area contributed by atoms with Crippen molar-refractivity contribution in [3.63, 3.8) is 0 Å². The van der Waals surface area contributed by atoms with Crippen LogP contribution in [0.15, 0.2) is 59.5 Å². The summed E-state index contributed by atoms with van der Waals surface area (Å²) in [4.78, 5) is 23.8. The van der Waals surface area contributed by atoms with Gasteiger partial charge in [-0.3, -0.25) is 4.79 Å². The molecule has 0 atom stereocenters. The molecule has 0 aromatic heterocycles. The van der Waals surface area contributed by atoms with E-state index in [0.29, 0.717) is 17.9 Å². The van der Waals surface area contributed by atoms with Crippen LogP contribution in [-0.4, -0.2) is 33.4 Å². The Bertz CT molecular complexity index is 865. The van der Waals surface area contributed by atoms with Gasteiger partial charge in [-0.05, 0) is 42.8 Å². The predicted molar refractivity (Wildman–Crippen MR) is 102 cm³/mol. The van der Waals surface area contributed by atoms with Gasteiger partial charge in [0.15, 0.2) is 0 Å². The Morgan fingerprint density at radius 1 is 1.00 bits per heavy atom. The third kappa shape index (κ3) is 6.50. The summed E-state index contributed by atoms with van der Waals surface area (Å²) in [7, 11) is -3.63. The SMILES string of the molecule is CCCOC(=O)c1ccc(NC(=O)CCNS(=O)(=O)c2ccccc2)cc1. The van der Waals surface area contributed by atoms with Gasteiger partial charge >= 0.3 is 5.97 Å². The molecule has 2 rings (SSSR count). The van der Waals surface area contributed by atoms with Crippen LogP contribution in [0.4, 0.5) is 5.69 Å². The maximum atomic E-state index is 12.1. The topological polar surface area (TPSA) is 102 Å². The van der Waals surface area contributed by atoms with Crippen LogP contribution < -0.4 is 10.0 Å². The first-order valence-electron chi connectivity index (χ1n) is 8.54. The van der Waals surface area contributed by atoms with Gasteiger partial charge in [0.05, 0.1) is 17.1 Å². The van der Waals surface area contributed by atoms with Crippen LogP contribution in [0.25, 0.3) is 0 Å². The van der Waals surface area contributed by atoms with Crippen molar-refractivity contribution in [3.05, 3.63) is 60.2 Å². The van der Waals surface area contributed by atoms with E-state index in [2.05, 4.69) is 10.0 Å². The van der Waals surface area contributed by atoms with E-state index in [9.17, 15) is 18.0 Å². The van der Waals surface area contributed by atoms with Crippen LogP contribution in [-0.2, 0) is 19.6 Å². The smallest absolute Gasteiger partial charge is 0.338 e. The third-order valence-corrected chi connectivity index (χ3v) is 5.02. The molecule has 0 saturated carbocycles. The number of sulfonamides is 1. The van der Waals surface area contributed by atoms with Crippen LogP contribution in [0.2, 0.25) is 0 Å². The van der Waals surface area contributed by atoms with Crippen LogP contribution in [0.5, 0.6) is 0 Å². The summed E-state index contributed by atoms with van der Waals surface area (Å²) in [5, 5.41) is 2.65. The number of ether oxygens (including phenoxy) is 1. The highest BCUT2D eigenvalue weighted by molar-refractivity contribution is 7.89. The number of amides is 1. The fraction of sp³-hybridized carbons (Fsp3) is 0.263. The second-order valence-corrected chi connectivity index (χ2v) is 7.49. The van der Waals surface area contributed by atoms with Crippen LogP contribution in [0.1, 0.15) is 30.1 Å². The summed E-state index contributed by atoms with van der Waals surface area (Å²) in [6.07, 6.45) is 0.722. The zero-order valence-electron chi connectivity index (χ0n) is 15.0. The fourth-order valence-corrected chi connectivity index (χ4v) is 3.23. The van der Waals surface area contributed by atoms with Crippen molar-refractivity contribution < 1.29 is 22.7 Å². The lowest BCUT2D eigenvalue weighted by atomic mass is 10.2. The third-order valence-electron chi connectivity index (χ3n) is 3.54. The summed E-state index contributed by atoms with van der Waals surface area (Å²) < 4.78 is 31.5. The largest absolute Gasteiger partial charge is 0.462 e. The molecule has 0 saturated heterocycles. The van der Waals surface area contributed by atoms with Crippen molar-refractivity contribution in [2.24, 2.45) is 0 Å². The first-order chi connectivity index (χ1) is 12.9. The van der Waals surface area contributed by atoms with E-state index in [-0.39, 0.29) is 23.8 Å². The van der Waals surface area contributed by atoms with E-state index >= 15 is 0 Å². The van der Waals surface area contributed by atoms with Crippen molar-refractivity contribution in [1.82, 2.24) is 4.72 Å². The molecule has 1 amide bonds. The zero-order chi connectivity index (χ0) is 19.7. The van der Waals surface area contributed by atoms with Crippen molar-refractivity contribution >= 4 is 27.6 Å². The molecule has 0 heterocycles. The molecular formula is C19H22N2O5S. The molecule has 0 fully saturated rings. The lowest BCUT2D eigenvalue weighted by molar-refractivity contribution is -0.116. The molecule has 0 radical (unpaired) electrons. The number of esters is 1. The number of nitrogens with one attached hydrogen (secondary N) is 2. The van der Waals surface area contributed by atoms with E-state index < -0.39 is 16.0 Å². The number of anilines is 1. The molecule has 0 aliphatic carbocycles. The Labute approximate surface area is 158 Å². The van der Waals surface area contributed by atoms with Crippen molar-refractivity contribution in [3.8, 4) is 0 Å². The molecule has 8 heteroatoms. The van der Waals surface area contributed by atoms with E-state index in [1.54, 1.807) is 42.5 Å². The Kier molecular flexibility index (Phi) is 7.51. The van der Waals surface area contributed by atoms with Gasteiger partial charge in [0.25, 0.3) is 0 Å². The molecule has 0 aliphatic heterocycles. The maximum Gasteiger partial charge on any atom is 0.338 e. The van der Waals surface area contributed by atoms with Crippen molar-refractivity contribution in [2.75, 3.05) is 18.5 Å². The molecule has 0 bridgehead atoms. The molecule has 27 heavy (non-hydrogen) atoms. The first-order valence-corrected chi connectivity index (χ1v) is 10.0. The first kappa shape index (κ1) is 20.6. The molecule has 2 aromatic rings. The summed E-state index contributed by atoms with van der Waals surface area (Å²) in [5.41, 5.74) is 0.912. The van der Waals surface area contributed by atoms with Crippen LogP contribution in [0, 0.1) is 0 Å². The molecule has 0 aliphatic rings. The van der Waals surface area contributed by atoms with Gasteiger partial charge in [-0.2, -0.15) is 0 Å². The van der Waals surface area contributed by atoms with E-state index in [1.165, 1.54) is 12.1 Å². The van der Waals surface area contributed by atoms with Gasteiger partial charge < -0.3 is 10.1 Å². The van der Waals surface area contributed by atoms with E-state index in [1.807, 2.05) is 6.92 Å². The molecule has 144 valence electrons. The Balaban J connectivity index is 1.81. The highest BCUT2D eigenvalue weighted by Crippen LogP contribution is 2.11. The average Bonchev–Trinajstić information content (AvgIpc) is 2.67. The Morgan fingerprint density at radius 3 is 2.30 bits per heavy atom. The Hall–Kier alpha value is -2.71. The molecular weight excluding hydrogens is 368 g/mol. The van der Waals surface area contributed by atoms with Crippen LogP contribution in [0.3, 0.4) is 0 Å². The summed E-state index contributed by atoms with van der Waals surface area (Å²) in [6, 6.07) is 14.2. The normalized spacial score (nSPS) is 11.0. The van der Waals surface area contributed by atoms with Gasteiger partial charge in [-0.25, -0.2) is 17.9 Å². The number of carbonyl (C=O) groups excluding carboxylic acids is 2. The molecule has 2 N–H and O–H groups in total. The summed E-state index contributed by atoms with van der Waals surface area (Å²) in [6.45, 7) is 2.24. The molecule has 7 nitrogen and oxygen atoms in total. The number of benzene rings is 2. The van der Waals surface area contributed by atoms with E-state index in [0.717, 1.165) is 6.42 Å². The van der Waals surface area contributed by atoms with Gasteiger partial charge in [-0.15, -0.1) is 0 Å². The van der Waals surface area contributed by atoms with Crippen molar-refractivity contribution in [1.29, 1.82) is 0 Å². The molecule has 0 spiro atoms. The molecule has 0 unspecified atom stereocenters. The Morgan fingerprint density at radius 2 is 1.67 bits per heavy atom. The minimum Gasteiger partial charge on any atom is -0.462 e. The van der Waals surface area contributed by atoms with Crippen molar-refractivity contribution in [2.45, 2.75) is 24.7 Å². The number of hydrogen-bond acceptors (Lipinski definition) is 5. The van der Waals surface area contributed by atoms with Gasteiger partial charge in [0.2, 0.25) is 15.9 Å². The monoisotopic (exact) mass is 390 g/mol. The second-order valence-electron chi connectivity index (χ2n) is 5.72. The number of rotatable bonds is 9. The lowest BCUT2D eigenvalue weighted by Crippen LogP contribution is -2.27. The number of hydrogen-bond donors (Lipinski definition) is 2. The number of carbonyl (C=O) groups is 2. The van der Waals surface area contributed by atoms with Gasteiger partial charge in [0.1, 0.15) is 0 Å². The fourth-order valence-electron chi connectivity index (χ4n) is 2.17. The predicted octanol–water partition coefficient (Wildman–Crippen LogP) is 2.56. The van der Waals surface area contributed by atoms with E-state index in [4.69, 9.17) is 4.74 Å². The minimum absolute atomic E-state index is 0.0215. The lowest BCUT2D eigenvalue weighted by Gasteiger charge is -2.08. The van der Waals surface area contributed by atoms with Crippen LogP contribution >= 0.6 is 0 Å². The zero-order valence-corrected chi connectivity index (χ0v) is 15.8. The summed E-state index contributed by atoms with van der Waals surface area (Å²) >= 11 is 0. The second kappa shape index (κ2) is 9.84. The standard InChI is InChI=1S/C19H22N2O5S/c1-2-14-26-19(23)15-8-10-16(11-9-15)21-18(22)12-13-20-27(24,25)17-6-4-3-5-7-17/h3-11,20H,2,12-14H2,1H3,(H,21,22). The highest BCUT2D eigenvalue weighted by Gasteiger charge is 2.13. The average molecular weight is 390 g/mol. The van der Waals surface area contributed by atoms with Gasteiger partial charge in [-0.1, -0.05) is 25.1 Å². The maximum absolute atomic E-state index is 12.1. The summed E-state index contributed by atoms with van der Waals surface area (Å²) in [5.74, 6) is -0.753. The highest BCUT2D eigenvalue weighted by atomic mass is 32.2. The van der Waals surface area contributed by atoms with Gasteiger partial charge in [0, 0.05) is 18.7 Å².